The lowest BCUT2D eigenvalue weighted by Crippen LogP contribution is -2.45. The predicted octanol–water partition coefficient (Wildman–Crippen LogP) is 3.27. The first-order chi connectivity index (χ1) is 19.2. The van der Waals surface area contributed by atoms with Gasteiger partial charge in [0.25, 0.3) is 0 Å². The van der Waals surface area contributed by atoms with Crippen LogP contribution in [0.25, 0.3) is 0 Å². The number of carbonyl (C=O) groups excluding carboxylic acids is 2. The second kappa shape index (κ2) is 16.5. The molecule has 0 fully saturated rings. The molecule has 1 aromatic heterocycles. The molecule has 1 aromatic carbocycles. The average Bonchev–Trinajstić information content (AvgIpc) is 2.93. The zero-order valence-corrected chi connectivity index (χ0v) is 23.7. The lowest BCUT2D eigenvalue weighted by Gasteiger charge is -2.23. The van der Waals surface area contributed by atoms with Crippen molar-refractivity contribution in [2.75, 3.05) is 51.4 Å². The Hall–Kier alpha value is -4.48. The molecule has 0 radical (unpaired) electrons. The Morgan fingerprint density at radius 3 is 2.65 bits per heavy atom. The number of halogens is 1. The third kappa shape index (κ3) is 10.4. The van der Waals surface area contributed by atoms with E-state index >= 15 is 0 Å². The zero-order chi connectivity index (χ0) is 29.5. The second-order valence-corrected chi connectivity index (χ2v) is 9.30. The molecule has 2 amide bonds. The molecule has 0 aliphatic heterocycles. The Morgan fingerprint density at radius 2 is 1.98 bits per heavy atom. The zero-order valence-electron chi connectivity index (χ0n) is 23.7. The lowest BCUT2D eigenvalue weighted by molar-refractivity contribution is -0.135. The number of carbonyl (C=O) groups is 2. The number of hydrogen-bond donors (Lipinski definition) is 3. The van der Waals surface area contributed by atoms with Crippen LogP contribution in [0.1, 0.15) is 44.2 Å². The molecule has 2 rings (SSSR count). The van der Waals surface area contributed by atoms with E-state index in [1.165, 1.54) is 23.1 Å². The fourth-order valence-corrected chi connectivity index (χ4v) is 3.27. The van der Waals surface area contributed by atoms with Crippen LogP contribution < -0.4 is 16.0 Å². The highest BCUT2D eigenvalue weighted by molar-refractivity contribution is 5.92. The molecular weight excluding hydrogens is 511 g/mol. The molecule has 0 unspecified atom stereocenters. The normalized spacial score (nSPS) is 11.3. The van der Waals surface area contributed by atoms with Crippen molar-refractivity contribution >= 4 is 29.3 Å². The van der Waals surface area contributed by atoms with Crippen LogP contribution in [0.2, 0.25) is 0 Å². The minimum Gasteiger partial charge on any atom is -0.369 e. The number of amides is 2. The highest BCUT2D eigenvalue weighted by Crippen LogP contribution is 2.19. The molecule has 10 nitrogen and oxygen atoms in total. The maximum absolute atomic E-state index is 13.9. The van der Waals surface area contributed by atoms with E-state index in [9.17, 15) is 14.0 Å². The van der Waals surface area contributed by atoms with Crippen molar-refractivity contribution in [2.24, 2.45) is 0 Å². The maximum Gasteiger partial charge on any atom is 0.246 e. The summed E-state index contributed by atoms with van der Waals surface area (Å²) in [6, 6.07) is 5.38. The van der Waals surface area contributed by atoms with Crippen molar-refractivity contribution in [3.63, 3.8) is 0 Å². The molecule has 1 heterocycles. The van der Waals surface area contributed by atoms with Crippen molar-refractivity contribution in [3.8, 4) is 17.9 Å². The summed E-state index contributed by atoms with van der Waals surface area (Å²) in [4.78, 5) is 36.8. The molecule has 1 atom stereocenters. The van der Waals surface area contributed by atoms with Gasteiger partial charge in [0, 0.05) is 44.9 Å². The SMILES string of the molecule is CCCNc1nc(Nc2ccc(C#N)c(F)c2)ncc1C#CCCCNC(=O)[C@H](C)N(C)C(=O)C=CCN(C)C. The molecule has 3 N–H and O–H groups in total. The minimum absolute atomic E-state index is 0.0394. The van der Waals surface area contributed by atoms with Crippen molar-refractivity contribution < 1.29 is 14.0 Å². The van der Waals surface area contributed by atoms with Gasteiger partial charge >= 0.3 is 0 Å². The topological polar surface area (TPSA) is 126 Å². The fourth-order valence-electron chi connectivity index (χ4n) is 3.27. The number of aromatic nitrogens is 2. The summed E-state index contributed by atoms with van der Waals surface area (Å²) < 4.78 is 13.9. The number of nitrogens with one attached hydrogen (secondary N) is 3. The van der Waals surface area contributed by atoms with Gasteiger partial charge in [0.1, 0.15) is 23.7 Å². The summed E-state index contributed by atoms with van der Waals surface area (Å²) in [5, 5.41) is 17.9. The van der Waals surface area contributed by atoms with E-state index < -0.39 is 11.9 Å². The minimum atomic E-state index is -0.627. The molecule has 0 aliphatic rings. The smallest absolute Gasteiger partial charge is 0.246 e. The van der Waals surface area contributed by atoms with Gasteiger partial charge in [0.05, 0.1) is 17.3 Å². The summed E-state index contributed by atoms with van der Waals surface area (Å²) in [5.74, 6) is 5.89. The van der Waals surface area contributed by atoms with Crippen LogP contribution >= 0.6 is 0 Å². The molecule has 2 aromatic rings. The number of hydrogen-bond acceptors (Lipinski definition) is 8. The first kappa shape index (κ1) is 31.7. The Balaban J connectivity index is 1.91. The Kier molecular flexibility index (Phi) is 13.1. The van der Waals surface area contributed by atoms with E-state index in [-0.39, 0.29) is 23.3 Å². The molecule has 0 spiro atoms. The third-order valence-corrected chi connectivity index (χ3v) is 5.72. The van der Waals surface area contributed by atoms with E-state index in [4.69, 9.17) is 5.26 Å². The average molecular weight is 549 g/mol. The van der Waals surface area contributed by atoms with Crippen LogP contribution in [0.3, 0.4) is 0 Å². The number of benzene rings is 1. The predicted molar refractivity (Wildman–Crippen MR) is 154 cm³/mol. The molecule has 0 saturated heterocycles. The first-order valence-electron chi connectivity index (χ1n) is 13.1. The fraction of sp³-hybridized carbons (Fsp3) is 0.414. The molecule has 212 valence electrons. The number of likely N-dealkylation sites (N-methyl/N-ethyl adjacent to an activating group) is 2. The highest BCUT2D eigenvalue weighted by atomic mass is 19.1. The quantitative estimate of drug-likeness (QED) is 0.198. The summed E-state index contributed by atoms with van der Waals surface area (Å²) in [7, 11) is 5.42. The van der Waals surface area contributed by atoms with Gasteiger partial charge in [-0.3, -0.25) is 9.59 Å². The lowest BCUT2D eigenvalue weighted by atomic mass is 10.2. The van der Waals surface area contributed by atoms with Gasteiger partial charge in [-0.1, -0.05) is 24.8 Å². The number of unbranched alkanes of at least 4 members (excludes halogenated alkanes) is 1. The van der Waals surface area contributed by atoms with E-state index in [1.807, 2.05) is 25.9 Å². The van der Waals surface area contributed by atoms with Gasteiger partial charge in [0.2, 0.25) is 17.8 Å². The maximum atomic E-state index is 13.9. The van der Waals surface area contributed by atoms with Crippen LogP contribution in [0.15, 0.2) is 36.5 Å². The van der Waals surface area contributed by atoms with Gasteiger partial charge in [0.15, 0.2) is 0 Å². The summed E-state index contributed by atoms with van der Waals surface area (Å²) >= 11 is 0. The molecule has 11 heteroatoms. The van der Waals surface area contributed by atoms with Gasteiger partial charge in [-0.15, -0.1) is 0 Å². The van der Waals surface area contributed by atoms with Crippen LogP contribution in [0.5, 0.6) is 0 Å². The van der Waals surface area contributed by atoms with E-state index in [1.54, 1.807) is 38.4 Å². The Bertz CT molecular complexity index is 1290. The van der Waals surface area contributed by atoms with E-state index in [0.717, 1.165) is 6.42 Å². The third-order valence-electron chi connectivity index (χ3n) is 5.72. The van der Waals surface area contributed by atoms with Gasteiger partial charge in [-0.2, -0.15) is 10.2 Å². The monoisotopic (exact) mass is 548 g/mol. The summed E-state index contributed by atoms with van der Waals surface area (Å²) in [6.07, 6.45) is 6.87. The summed E-state index contributed by atoms with van der Waals surface area (Å²) in [5.41, 5.74) is 0.997. The van der Waals surface area contributed by atoms with Crippen molar-refractivity contribution in [2.45, 2.75) is 39.2 Å². The number of rotatable bonds is 13. The van der Waals surface area contributed by atoms with E-state index in [2.05, 4.69) is 37.8 Å². The number of nitriles is 1. The molecule has 0 saturated carbocycles. The Labute approximate surface area is 235 Å². The largest absolute Gasteiger partial charge is 0.369 e. The van der Waals surface area contributed by atoms with Gasteiger partial charge in [-0.05, 0) is 52.1 Å². The van der Waals surface area contributed by atoms with Crippen LogP contribution in [-0.4, -0.2) is 78.4 Å². The summed E-state index contributed by atoms with van der Waals surface area (Å²) in [6.45, 7) is 5.47. The van der Waals surface area contributed by atoms with Crippen molar-refractivity contribution in [3.05, 3.63) is 53.5 Å². The number of nitrogens with zero attached hydrogens (tertiary/aromatic N) is 5. The van der Waals surface area contributed by atoms with Crippen LogP contribution in [-0.2, 0) is 9.59 Å². The molecular formula is C29H37FN8O2. The van der Waals surface area contributed by atoms with E-state index in [0.29, 0.717) is 49.5 Å². The Morgan fingerprint density at radius 1 is 1.20 bits per heavy atom. The van der Waals surface area contributed by atoms with Crippen molar-refractivity contribution in [1.29, 1.82) is 5.26 Å². The standard InChI is InChI=1S/C29H37FN8O2/c1-6-15-32-27-23(20-34-29(36-27)35-24-14-13-22(19-31)25(30)18-24)11-8-7-9-16-33-28(40)21(2)38(5)26(39)12-10-17-37(3)4/h10,12-14,18,20-21H,6-7,9,15-17H2,1-5H3,(H,33,40)(H2,32,34,35,36)/t21-/m0/s1. The second-order valence-electron chi connectivity index (χ2n) is 9.30. The van der Waals surface area contributed by atoms with Gasteiger partial charge in [-0.25, -0.2) is 9.37 Å². The first-order valence-corrected chi connectivity index (χ1v) is 13.1. The van der Waals surface area contributed by atoms with Crippen LogP contribution in [0.4, 0.5) is 21.8 Å². The van der Waals surface area contributed by atoms with Crippen molar-refractivity contribution in [1.82, 2.24) is 25.1 Å². The molecule has 40 heavy (non-hydrogen) atoms. The molecule has 0 bridgehead atoms. The molecule has 0 aliphatic carbocycles. The highest BCUT2D eigenvalue weighted by Gasteiger charge is 2.20. The van der Waals surface area contributed by atoms with Crippen LogP contribution in [0, 0.1) is 29.0 Å². The number of anilines is 3. The van der Waals surface area contributed by atoms with Gasteiger partial charge < -0.3 is 25.8 Å².